The van der Waals surface area contributed by atoms with Gasteiger partial charge in [0.15, 0.2) is 0 Å². The first-order chi connectivity index (χ1) is 8.15. The lowest BCUT2D eigenvalue weighted by Crippen LogP contribution is -2.26. The van der Waals surface area contributed by atoms with Crippen LogP contribution >= 0.6 is 15.9 Å². The van der Waals surface area contributed by atoms with E-state index in [0.29, 0.717) is 31.0 Å². The molecule has 0 radical (unpaired) electrons. The molecule has 94 valence electrons. The number of anilines is 1. The van der Waals surface area contributed by atoms with Crippen LogP contribution in [0.1, 0.15) is 23.7 Å². The molecule has 0 spiro atoms. The second-order valence-corrected chi connectivity index (χ2v) is 4.45. The summed E-state index contributed by atoms with van der Waals surface area (Å²) in [5.41, 5.74) is 6.74. The van der Waals surface area contributed by atoms with E-state index >= 15 is 0 Å². The summed E-state index contributed by atoms with van der Waals surface area (Å²) in [6.07, 6.45) is 0.802. The van der Waals surface area contributed by atoms with Crippen molar-refractivity contribution in [1.82, 2.24) is 5.32 Å². The molecule has 17 heavy (non-hydrogen) atoms. The summed E-state index contributed by atoms with van der Waals surface area (Å²) in [6, 6.07) is 5.22. The molecule has 0 atom stereocenters. The first-order valence-corrected chi connectivity index (χ1v) is 6.35. The van der Waals surface area contributed by atoms with E-state index in [2.05, 4.69) is 21.2 Å². The first kappa shape index (κ1) is 14.0. The van der Waals surface area contributed by atoms with E-state index in [1.165, 1.54) is 0 Å². The lowest BCUT2D eigenvalue weighted by atomic mass is 10.1. The molecule has 0 unspecified atom stereocenters. The summed E-state index contributed by atoms with van der Waals surface area (Å²) in [7, 11) is 0. The Morgan fingerprint density at radius 2 is 2.29 bits per heavy atom. The molecule has 0 bridgehead atoms. The van der Waals surface area contributed by atoms with Gasteiger partial charge in [-0.05, 0) is 31.5 Å². The van der Waals surface area contributed by atoms with Crippen molar-refractivity contribution in [3.63, 3.8) is 0 Å². The van der Waals surface area contributed by atoms with Crippen LogP contribution in [0.5, 0.6) is 0 Å². The van der Waals surface area contributed by atoms with Gasteiger partial charge in [-0.3, -0.25) is 4.79 Å². The highest BCUT2D eigenvalue weighted by molar-refractivity contribution is 9.10. The Hall–Kier alpha value is -1.07. The maximum absolute atomic E-state index is 11.8. The van der Waals surface area contributed by atoms with Crippen LogP contribution in [0.4, 0.5) is 5.69 Å². The lowest BCUT2D eigenvalue weighted by Gasteiger charge is -2.07. The molecule has 0 saturated heterocycles. The first-order valence-electron chi connectivity index (χ1n) is 5.56. The zero-order valence-electron chi connectivity index (χ0n) is 9.83. The van der Waals surface area contributed by atoms with E-state index in [0.717, 1.165) is 10.9 Å². The molecule has 1 amide bonds. The Morgan fingerprint density at radius 1 is 1.53 bits per heavy atom. The summed E-state index contributed by atoms with van der Waals surface area (Å²) >= 11 is 3.30. The van der Waals surface area contributed by atoms with Crippen molar-refractivity contribution in [3.8, 4) is 0 Å². The number of carbonyl (C=O) groups is 1. The van der Waals surface area contributed by atoms with E-state index in [-0.39, 0.29) is 5.91 Å². The molecular weight excluding hydrogens is 284 g/mol. The molecule has 1 aromatic rings. The van der Waals surface area contributed by atoms with Crippen LogP contribution in [-0.4, -0.2) is 25.7 Å². The Bertz CT molecular complexity index is 383. The maximum Gasteiger partial charge on any atom is 0.253 e. The highest BCUT2D eigenvalue weighted by atomic mass is 79.9. The Morgan fingerprint density at radius 3 is 2.94 bits per heavy atom. The monoisotopic (exact) mass is 300 g/mol. The summed E-state index contributed by atoms with van der Waals surface area (Å²) in [5.74, 6) is -0.147. The molecule has 0 aliphatic rings. The van der Waals surface area contributed by atoms with Crippen molar-refractivity contribution in [2.24, 2.45) is 0 Å². The average molecular weight is 301 g/mol. The van der Waals surface area contributed by atoms with Crippen molar-refractivity contribution in [3.05, 3.63) is 28.2 Å². The van der Waals surface area contributed by atoms with Crippen molar-refractivity contribution < 1.29 is 9.53 Å². The molecule has 0 aliphatic heterocycles. The smallest absolute Gasteiger partial charge is 0.253 e. The fraction of sp³-hybridized carbons (Fsp3) is 0.417. The quantitative estimate of drug-likeness (QED) is 0.625. The molecule has 1 rings (SSSR count). The van der Waals surface area contributed by atoms with Gasteiger partial charge in [-0.2, -0.15) is 0 Å². The predicted octanol–water partition coefficient (Wildman–Crippen LogP) is 2.19. The summed E-state index contributed by atoms with van der Waals surface area (Å²) in [6.45, 7) is 3.90. The minimum Gasteiger partial charge on any atom is -0.398 e. The number of ether oxygens (including phenoxy) is 1. The summed E-state index contributed by atoms with van der Waals surface area (Å²) in [5, 5.41) is 2.80. The van der Waals surface area contributed by atoms with Gasteiger partial charge in [-0.1, -0.05) is 15.9 Å². The van der Waals surface area contributed by atoms with Crippen LogP contribution in [0.3, 0.4) is 0 Å². The maximum atomic E-state index is 11.8. The van der Waals surface area contributed by atoms with E-state index in [4.69, 9.17) is 10.5 Å². The van der Waals surface area contributed by atoms with Gasteiger partial charge in [0, 0.05) is 29.9 Å². The standard InChI is InChI=1S/C12H17BrN2O2/c1-2-17-7-3-6-15-12(16)10-5-4-9(13)8-11(10)14/h4-5,8H,2-3,6-7,14H2,1H3,(H,15,16). The zero-order valence-corrected chi connectivity index (χ0v) is 11.4. The highest BCUT2D eigenvalue weighted by Gasteiger charge is 2.08. The summed E-state index contributed by atoms with van der Waals surface area (Å²) < 4.78 is 6.04. The normalized spacial score (nSPS) is 10.2. The second-order valence-electron chi connectivity index (χ2n) is 3.54. The molecule has 5 heteroatoms. The van der Waals surface area contributed by atoms with Gasteiger partial charge in [0.2, 0.25) is 0 Å². The third-order valence-corrected chi connectivity index (χ3v) is 2.71. The number of hydrogen-bond donors (Lipinski definition) is 2. The van der Waals surface area contributed by atoms with Gasteiger partial charge in [0.25, 0.3) is 5.91 Å². The molecule has 0 saturated carbocycles. The number of nitrogens with one attached hydrogen (secondary N) is 1. The van der Waals surface area contributed by atoms with E-state index in [1.54, 1.807) is 18.2 Å². The Labute approximate surface area is 110 Å². The van der Waals surface area contributed by atoms with E-state index in [1.807, 2.05) is 6.92 Å². The number of carbonyl (C=O) groups excluding carboxylic acids is 1. The lowest BCUT2D eigenvalue weighted by molar-refractivity contribution is 0.0945. The molecule has 4 nitrogen and oxygen atoms in total. The van der Waals surface area contributed by atoms with Crippen LogP contribution in [0.2, 0.25) is 0 Å². The zero-order chi connectivity index (χ0) is 12.7. The van der Waals surface area contributed by atoms with Gasteiger partial charge in [0.05, 0.1) is 5.56 Å². The van der Waals surface area contributed by atoms with Crippen LogP contribution in [0.15, 0.2) is 22.7 Å². The average Bonchev–Trinajstić information content (AvgIpc) is 2.28. The van der Waals surface area contributed by atoms with Gasteiger partial charge in [0.1, 0.15) is 0 Å². The second kappa shape index (κ2) is 7.29. The highest BCUT2D eigenvalue weighted by Crippen LogP contribution is 2.18. The fourth-order valence-corrected chi connectivity index (χ4v) is 1.73. The summed E-state index contributed by atoms with van der Waals surface area (Å²) in [4.78, 5) is 11.8. The van der Waals surface area contributed by atoms with E-state index in [9.17, 15) is 4.79 Å². The number of halogens is 1. The number of nitrogens with two attached hydrogens (primary N) is 1. The Kier molecular flexibility index (Phi) is 6.00. The van der Waals surface area contributed by atoms with Gasteiger partial charge in [-0.25, -0.2) is 0 Å². The van der Waals surface area contributed by atoms with Crippen LogP contribution in [-0.2, 0) is 4.74 Å². The minimum atomic E-state index is -0.147. The number of hydrogen-bond acceptors (Lipinski definition) is 3. The van der Waals surface area contributed by atoms with Crippen LogP contribution < -0.4 is 11.1 Å². The third-order valence-electron chi connectivity index (χ3n) is 2.21. The van der Waals surface area contributed by atoms with Crippen LogP contribution in [0, 0.1) is 0 Å². The molecule has 3 N–H and O–H groups in total. The van der Waals surface area contributed by atoms with Crippen molar-refractivity contribution >= 4 is 27.5 Å². The molecule has 0 heterocycles. The SMILES string of the molecule is CCOCCCNC(=O)c1ccc(Br)cc1N. The molecule has 0 fully saturated rings. The largest absolute Gasteiger partial charge is 0.398 e. The molecule has 0 aromatic heterocycles. The number of benzene rings is 1. The van der Waals surface area contributed by atoms with Crippen molar-refractivity contribution in [2.45, 2.75) is 13.3 Å². The van der Waals surface area contributed by atoms with Crippen molar-refractivity contribution in [2.75, 3.05) is 25.5 Å². The van der Waals surface area contributed by atoms with Crippen molar-refractivity contribution in [1.29, 1.82) is 0 Å². The van der Waals surface area contributed by atoms with Gasteiger partial charge < -0.3 is 15.8 Å². The fourth-order valence-electron chi connectivity index (χ4n) is 1.36. The molecule has 0 aliphatic carbocycles. The topological polar surface area (TPSA) is 64.3 Å². The van der Waals surface area contributed by atoms with Crippen LogP contribution in [0.25, 0.3) is 0 Å². The number of rotatable bonds is 6. The molecular formula is C12H17BrN2O2. The predicted molar refractivity (Wildman–Crippen MR) is 72.0 cm³/mol. The third kappa shape index (κ3) is 4.75. The minimum absolute atomic E-state index is 0.147. The molecule has 1 aromatic carbocycles. The van der Waals surface area contributed by atoms with E-state index < -0.39 is 0 Å². The van der Waals surface area contributed by atoms with Gasteiger partial charge >= 0.3 is 0 Å². The number of amides is 1. The Balaban J connectivity index is 2.42. The number of nitrogen functional groups attached to an aromatic ring is 1. The van der Waals surface area contributed by atoms with Gasteiger partial charge in [-0.15, -0.1) is 0 Å².